The fourth-order valence-electron chi connectivity index (χ4n) is 3.29. The van der Waals surface area contributed by atoms with Crippen LogP contribution >= 0.6 is 11.6 Å². The molecule has 148 valence electrons. The molecule has 1 amide bonds. The number of amides is 1. The van der Waals surface area contributed by atoms with Crippen LogP contribution in [0.2, 0.25) is 5.02 Å². The zero-order valence-corrected chi connectivity index (χ0v) is 17.0. The first kappa shape index (κ1) is 20.3. The number of unbranched alkanes of at least 4 members (excludes halogenated alkanes) is 1. The Hall–Kier alpha value is -2.40. The monoisotopic (exact) mass is 401 g/mol. The van der Waals surface area contributed by atoms with Crippen molar-refractivity contribution in [2.45, 2.75) is 46.2 Å². The van der Waals surface area contributed by atoms with Crippen LogP contribution in [0.4, 0.5) is 4.39 Å². The lowest BCUT2D eigenvalue weighted by Crippen LogP contribution is -2.32. The highest BCUT2D eigenvalue weighted by atomic mass is 35.5. The topological polar surface area (TPSA) is 38.1 Å². The number of carbonyl (C=O) groups excluding carboxylic acids is 1. The summed E-state index contributed by atoms with van der Waals surface area (Å²) in [6.45, 7) is 6.04. The van der Waals surface area contributed by atoms with Gasteiger partial charge in [0.1, 0.15) is 11.6 Å². The van der Waals surface area contributed by atoms with Gasteiger partial charge in [-0.3, -0.25) is 4.79 Å². The number of aromatic nitrogens is 2. The highest BCUT2D eigenvalue weighted by molar-refractivity contribution is 6.31. The van der Waals surface area contributed by atoms with E-state index in [-0.39, 0.29) is 11.7 Å². The predicted octanol–water partition coefficient (Wildman–Crippen LogP) is 5.68. The van der Waals surface area contributed by atoms with Crippen LogP contribution in [0.3, 0.4) is 0 Å². The second kappa shape index (κ2) is 9.20. The van der Waals surface area contributed by atoms with Gasteiger partial charge in [-0.2, -0.15) is 0 Å². The number of fused-ring (bicyclic) bond motifs is 1. The van der Waals surface area contributed by atoms with Crippen LogP contribution in [-0.4, -0.2) is 26.9 Å². The Bertz CT molecular complexity index is 952. The smallest absolute Gasteiger partial charge is 0.254 e. The number of imidazole rings is 1. The van der Waals surface area contributed by atoms with Crippen molar-refractivity contribution in [1.82, 2.24) is 14.5 Å². The SMILES string of the molecule is CCCCN(Cc1nc2ccc(Cl)cc2n1CCC)C(=O)c1ccc(F)cc1. The maximum Gasteiger partial charge on any atom is 0.254 e. The van der Waals surface area contributed by atoms with E-state index in [1.54, 1.807) is 4.90 Å². The molecule has 0 radical (unpaired) electrons. The molecule has 0 bridgehead atoms. The van der Waals surface area contributed by atoms with Gasteiger partial charge in [0, 0.05) is 23.7 Å². The molecular formula is C22H25ClFN3O. The summed E-state index contributed by atoms with van der Waals surface area (Å²) in [6, 6.07) is 11.4. The Morgan fingerprint density at radius 2 is 1.89 bits per heavy atom. The van der Waals surface area contributed by atoms with Gasteiger partial charge in [-0.1, -0.05) is 31.9 Å². The highest BCUT2D eigenvalue weighted by Crippen LogP contribution is 2.23. The number of rotatable bonds is 8. The Morgan fingerprint density at radius 1 is 1.14 bits per heavy atom. The summed E-state index contributed by atoms with van der Waals surface area (Å²) in [4.78, 5) is 19.6. The van der Waals surface area contributed by atoms with Crippen LogP contribution in [0.5, 0.6) is 0 Å². The maximum atomic E-state index is 13.2. The normalized spacial score (nSPS) is 11.1. The van der Waals surface area contributed by atoms with E-state index in [0.29, 0.717) is 23.7 Å². The summed E-state index contributed by atoms with van der Waals surface area (Å²) in [7, 11) is 0. The van der Waals surface area contributed by atoms with E-state index < -0.39 is 0 Å². The fraction of sp³-hybridized carbons (Fsp3) is 0.364. The summed E-state index contributed by atoms with van der Waals surface area (Å²) < 4.78 is 15.4. The summed E-state index contributed by atoms with van der Waals surface area (Å²) in [6.07, 6.45) is 2.83. The molecule has 0 spiro atoms. The van der Waals surface area contributed by atoms with Gasteiger partial charge in [-0.15, -0.1) is 0 Å². The lowest BCUT2D eigenvalue weighted by molar-refractivity contribution is 0.0734. The molecule has 1 heterocycles. The van der Waals surface area contributed by atoms with Crippen molar-refractivity contribution in [1.29, 1.82) is 0 Å². The van der Waals surface area contributed by atoms with Gasteiger partial charge in [-0.25, -0.2) is 9.37 Å². The van der Waals surface area contributed by atoms with Crippen molar-refractivity contribution in [3.63, 3.8) is 0 Å². The molecule has 3 aromatic rings. The van der Waals surface area contributed by atoms with Crippen LogP contribution in [-0.2, 0) is 13.1 Å². The van der Waals surface area contributed by atoms with Crippen LogP contribution in [0.25, 0.3) is 11.0 Å². The number of carbonyl (C=O) groups is 1. The molecule has 4 nitrogen and oxygen atoms in total. The fourth-order valence-corrected chi connectivity index (χ4v) is 3.45. The molecule has 1 aromatic heterocycles. The van der Waals surface area contributed by atoms with E-state index in [4.69, 9.17) is 16.6 Å². The Morgan fingerprint density at radius 3 is 2.57 bits per heavy atom. The van der Waals surface area contributed by atoms with Gasteiger partial charge in [0.15, 0.2) is 0 Å². The van der Waals surface area contributed by atoms with E-state index in [1.807, 2.05) is 18.2 Å². The molecule has 0 N–H and O–H groups in total. The van der Waals surface area contributed by atoms with Gasteiger partial charge in [0.05, 0.1) is 17.6 Å². The molecule has 0 saturated heterocycles. The lowest BCUT2D eigenvalue weighted by atomic mass is 10.2. The Kier molecular flexibility index (Phi) is 6.68. The van der Waals surface area contributed by atoms with E-state index in [0.717, 1.165) is 42.7 Å². The third-order valence-electron chi connectivity index (χ3n) is 4.73. The number of aryl methyl sites for hydroxylation is 1. The highest BCUT2D eigenvalue weighted by Gasteiger charge is 2.20. The lowest BCUT2D eigenvalue weighted by Gasteiger charge is -2.23. The summed E-state index contributed by atoms with van der Waals surface area (Å²) in [5.74, 6) is 0.380. The van der Waals surface area contributed by atoms with Crippen molar-refractivity contribution >= 4 is 28.5 Å². The standard InChI is InChI=1S/C22H25ClFN3O/c1-3-5-13-26(22(28)16-6-9-18(24)10-7-16)15-21-25-19-11-8-17(23)14-20(19)27(21)12-4-2/h6-11,14H,3-5,12-13,15H2,1-2H3. The van der Waals surface area contributed by atoms with Gasteiger partial charge in [0.2, 0.25) is 0 Å². The number of hydrogen-bond donors (Lipinski definition) is 0. The average Bonchev–Trinajstić information content (AvgIpc) is 3.02. The van der Waals surface area contributed by atoms with E-state index in [1.165, 1.54) is 24.3 Å². The number of hydrogen-bond acceptors (Lipinski definition) is 2. The Balaban J connectivity index is 1.95. The van der Waals surface area contributed by atoms with E-state index in [9.17, 15) is 9.18 Å². The number of benzene rings is 2. The van der Waals surface area contributed by atoms with Crippen molar-refractivity contribution in [2.24, 2.45) is 0 Å². The van der Waals surface area contributed by atoms with Crippen LogP contribution in [0.1, 0.15) is 49.3 Å². The van der Waals surface area contributed by atoms with Gasteiger partial charge < -0.3 is 9.47 Å². The quantitative estimate of drug-likeness (QED) is 0.487. The predicted molar refractivity (Wildman–Crippen MR) is 111 cm³/mol. The largest absolute Gasteiger partial charge is 0.331 e. The van der Waals surface area contributed by atoms with Crippen LogP contribution in [0.15, 0.2) is 42.5 Å². The minimum absolute atomic E-state index is 0.110. The van der Waals surface area contributed by atoms with E-state index in [2.05, 4.69) is 18.4 Å². The third kappa shape index (κ3) is 4.53. The molecule has 3 rings (SSSR count). The summed E-state index contributed by atoms with van der Waals surface area (Å²) >= 11 is 6.18. The van der Waals surface area contributed by atoms with Gasteiger partial charge >= 0.3 is 0 Å². The first-order valence-electron chi connectivity index (χ1n) is 9.73. The molecule has 6 heteroatoms. The zero-order chi connectivity index (χ0) is 20.1. The average molecular weight is 402 g/mol. The van der Waals surface area contributed by atoms with Crippen molar-refractivity contribution < 1.29 is 9.18 Å². The van der Waals surface area contributed by atoms with Crippen molar-refractivity contribution in [3.8, 4) is 0 Å². The van der Waals surface area contributed by atoms with Gasteiger partial charge in [0.25, 0.3) is 5.91 Å². The number of nitrogens with zero attached hydrogens (tertiary/aromatic N) is 3. The molecule has 0 saturated carbocycles. The zero-order valence-electron chi connectivity index (χ0n) is 16.3. The van der Waals surface area contributed by atoms with Crippen molar-refractivity contribution in [3.05, 3.63) is 64.7 Å². The molecule has 0 unspecified atom stereocenters. The molecule has 28 heavy (non-hydrogen) atoms. The summed E-state index contributed by atoms with van der Waals surface area (Å²) in [5.41, 5.74) is 2.34. The molecule has 0 aliphatic carbocycles. The molecule has 0 atom stereocenters. The van der Waals surface area contributed by atoms with Crippen molar-refractivity contribution in [2.75, 3.05) is 6.54 Å². The Labute approximate surface area is 169 Å². The molecule has 0 fully saturated rings. The summed E-state index contributed by atoms with van der Waals surface area (Å²) in [5, 5.41) is 0.668. The first-order valence-corrected chi connectivity index (χ1v) is 10.1. The molecular weight excluding hydrogens is 377 g/mol. The van der Waals surface area contributed by atoms with Gasteiger partial charge in [-0.05, 0) is 55.3 Å². The molecule has 0 aliphatic heterocycles. The maximum absolute atomic E-state index is 13.2. The van der Waals surface area contributed by atoms with E-state index >= 15 is 0 Å². The minimum Gasteiger partial charge on any atom is -0.331 e. The second-order valence-electron chi connectivity index (χ2n) is 6.90. The molecule has 0 aliphatic rings. The van der Waals surface area contributed by atoms with Crippen LogP contribution < -0.4 is 0 Å². The van der Waals surface area contributed by atoms with Crippen LogP contribution in [0, 0.1) is 5.82 Å². The minimum atomic E-state index is -0.349. The number of halogens is 2. The third-order valence-corrected chi connectivity index (χ3v) is 4.96. The first-order chi connectivity index (χ1) is 13.5. The second-order valence-corrected chi connectivity index (χ2v) is 7.34. The molecule has 2 aromatic carbocycles.